The van der Waals surface area contributed by atoms with Crippen LogP contribution in [0.2, 0.25) is 0 Å². The molecule has 0 aromatic heterocycles. The van der Waals surface area contributed by atoms with Gasteiger partial charge < -0.3 is 10.9 Å². The highest BCUT2D eigenvalue weighted by molar-refractivity contribution is 5.85. The minimum absolute atomic E-state index is 0. The lowest BCUT2D eigenvalue weighted by atomic mass is 9.95. The van der Waals surface area contributed by atoms with Gasteiger partial charge in [0, 0.05) is 0 Å². The van der Waals surface area contributed by atoms with Crippen LogP contribution in [0.1, 0.15) is 27.2 Å². The van der Waals surface area contributed by atoms with Gasteiger partial charge in [-0.05, 0) is 27.2 Å². The summed E-state index contributed by atoms with van der Waals surface area (Å²) in [5.74, 6) is 0. The molecular formula is C8H18ClNO. The molecule has 1 unspecified atom stereocenters. The number of hydrogen-bond donors (Lipinski definition) is 1. The SMILES string of the molecule is C=CCC1(C)OC1(C)C.Cl.N. The summed E-state index contributed by atoms with van der Waals surface area (Å²) in [4.78, 5) is 0. The first-order chi connectivity index (χ1) is 4.02. The number of ether oxygens (including phenoxy) is 1. The fraction of sp³-hybridized carbons (Fsp3) is 0.750. The van der Waals surface area contributed by atoms with Gasteiger partial charge in [-0.3, -0.25) is 0 Å². The van der Waals surface area contributed by atoms with E-state index in [0.29, 0.717) is 0 Å². The quantitative estimate of drug-likeness (QED) is 0.524. The Balaban J connectivity index is 0. The molecule has 1 aliphatic rings. The molecule has 3 heteroatoms. The van der Waals surface area contributed by atoms with E-state index in [9.17, 15) is 0 Å². The first-order valence-corrected chi connectivity index (χ1v) is 3.33. The zero-order valence-corrected chi connectivity index (χ0v) is 8.33. The van der Waals surface area contributed by atoms with E-state index in [2.05, 4.69) is 27.4 Å². The van der Waals surface area contributed by atoms with E-state index < -0.39 is 0 Å². The molecule has 0 amide bonds. The summed E-state index contributed by atoms with van der Waals surface area (Å²) in [7, 11) is 0. The summed E-state index contributed by atoms with van der Waals surface area (Å²) in [6.45, 7) is 10.0. The second kappa shape index (κ2) is 3.57. The maximum atomic E-state index is 5.46. The Kier molecular flexibility index (Phi) is 4.39. The molecule has 1 atom stereocenters. The average Bonchev–Trinajstić information content (AvgIpc) is 2.07. The van der Waals surface area contributed by atoms with Gasteiger partial charge in [0.15, 0.2) is 0 Å². The van der Waals surface area contributed by atoms with Crippen LogP contribution < -0.4 is 6.15 Å². The molecule has 3 N–H and O–H groups in total. The van der Waals surface area contributed by atoms with E-state index in [1.165, 1.54) is 0 Å². The van der Waals surface area contributed by atoms with E-state index in [-0.39, 0.29) is 29.8 Å². The molecule has 0 radical (unpaired) electrons. The van der Waals surface area contributed by atoms with Crippen LogP contribution in [-0.2, 0) is 4.74 Å². The van der Waals surface area contributed by atoms with E-state index in [0.717, 1.165) is 6.42 Å². The Morgan fingerprint density at radius 1 is 1.36 bits per heavy atom. The molecule has 0 aromatic carbocycles. The summed E-state index contributed by atoms with van der Waals surface area (Å²) < 4.78 is 5.46. The van der Waals surface area contributed by atoms with Gasteiger partial charge in [-0.25, -0.2) is 0 Å². The molecule has 0 bridgehead atoms. The Hall–Kier alpha value is -0.0500. The molecule has 0 aliphatic carbocycles. The van der Waals surface area contributed by atoms with E-state index in [4.69, 9.17) is 4.74 Å². The van der Waals surface area contributed by atoms with Gasteiger partial charge in [0.05, 0.1) is 11.2 Å². The van der Waals surface area contributed by atoms with E-state index >= 15 is 0 Å². The summed E-state index contributed by atoms with van der Waals surface area (Å²) >= 11 is 0. The summed E-state index contributed by atoms with van der Waals surface area (Å²) in [5, 5.41) is 0. The number of halogens is 1. The van der Waals surface area contributed by atoms with Crippen LogP contribution in [0, 0.1) is 0 Å². The van der Waals surface area contributed by atoms with Crippen LogP contribution in [0.15, 0.2) is 12.7 Å². The second-order valence-electron chi connectivity index (χ2n) is 3.34. The molecule has 0 aromatic rings. The minimum atomic E-state index is 0. The normalized spacial score (nSPS) is 31.2. The van der Waals surface area contributed by atoms with Gasteiger partial charge in [-0.15, -0.1) is 19.0 Å². The van der Waals surface area contributed by atoms with Crippen LogP contribution in [-0.4, -0.2) is 11.2 Å². The topological polar surface area (TPSA) is 47.5 Å². The zero-order valence-electron chi connectivity index (χ0n) is 7.52. The van der Waals surface area contributed by atoms with Crippen molar-refractivity contribution in [2.75, 3.05) is 0 Å². The van der Waals surface area contributed by atoms with Crippen LogP contribution in [0.25, 0.3) is 0 Å². The highest BCUT2D eigenvalue weighted by Crippen LogP contribution is 2.49. The van der Waals surface area contributed by atoms with Crippen LogP contribution >= 0.6 is 12.4 Å². The number of rotatable bonds is 2. The molecule has 1 heterocycles. The molecule has 2 nitrogen and oxygen atoms in total. The molecule has 1 aliphatic heterocycles. The molecule has 1 rings (SSSR count). The highest BCUT2D eigenvalue weighted by Gasteiger charge is 2.58. The predicted molar refractivity (Wildman–Crippen MR) is 50.7 cm³/mol. The van der Waals surface area contributed by atoms with Crippen molar-refractivity contribution in [3.63, 3.8) is 0 Å². The molecule has 1 fully saturated rings. The van der Waals surface area contributed by atoms with Crippen LogP contribution in [0.4, 0.5) is 0 Å². The average molecular weight is 180 g/mol. The number of hydrogen-bond acceptors (Lipinski definition) is 2. The van der Waals surface area contributed by atoms with Gasteiger partial charge in [0.2, 0.25) is 0 Å². The molecule has 11 heavy (non-hydrogen) atoms. The largest absolute Gasteiger partial charge is 0.363 e. The highest BCUT2D eigenvalue weighted by atomic mass is 35.5. The molecule has 0 saturated carbocycles. The lowest BCUT2D eigenvalue weighted by Crippen LogP contribution is -2.14. The molecular weight excluding hydrogens is 162 g/mol. The summed E-state index contributed by atoms with van der Waals surface area (Å²) in [5.41, 5.74) is 0.163. The van der Waals surface area contributed by atoms with E-state index in [1.807, 2.05) is 6.08 Å². The third-order valence-electron chi connectivity index (χ3n) is 2.25. The second-order valence-corrected chi connectivity index (χ2v) is 3.34. The molecule has 0 spiro atoms. The lowest BCUT2D eigenvalue weighted by molar-refractivity contribution is 0.286. The van der Waals surface area contributed by atoms with Crippen molar-refractivity contribution >= 4 is 12.4 Å². The Bertz CT molecular complexity index is 147. The standard InChI is InChI=1S/C8H14O.ClH.H3N/c1-5-6-8(4)7(2,3)9-8;;/h5H,1,6H2,2-4H3;1H;1H3. The minimum Gasteiger partial charge on any atom is -0.363 e. The van der Waals surface area contributed by atoms with Gasteiger partial charge in [0.25, 0.3) is 0 Å². The lowest BCUT2D eigenvalue weighted by Gasteiger charge is -2.02. The third-order valence-corrected chi connectivity index (χ3v) is 2.25. The van der Waals surface area contributed by atoms with Crippen molar-refractivity contribution in [3.8, 4) is 0 Å². The summed E-state index contributed by atoms with van der Waals surface area (Å²) in [6, 6.07) is 0. The maximum absolute atomic E-state index is 5.46. The summed E-state index contributed by atoms with van der Waals surface area (Å²) in [6.07, 6.45) is 2.87. The van der Waals surface area contributed by atoms with Gasteiger partial charge in [-0.2, -0.15) is 0 Å². The Morgan fingerprint density at radius 2 is 1.73 bits per heavy atom. The van der Waals surface area contributed by atoms with Crippen molar-refractivity contribution in [1.29, 1.82) is 0 Å². The van der Waals surface area contributed by atoms with Gasteiger partial charge in [0.1, 0.15) is 0 Å². The van der Waals surface area contributed by atoms with Crippen molar-refractivity contribution < 1.29 is 4.74 Å². The fourth-order valence-electron chi connectivity index (χ4n) is 1.10. The van der Waals surface area contributed by atoms with Crippen molar-refractivity contribution in [2.24, 2.45) is 0 Å². The van der Waals surface area contributed by atoms with E-state index in [1.54, 1.807) is 0 Å². The van der Waals surface area contributed by atoms with Crippen molar-refractivity contribution in [3.05, 3.63) is 12.7 Å². The van der Waals surface area contributed by atoms with Gasteiger partial charge in [-0.1, -0.05) is 6.08 Å². The number of epoxide rings is 1. The van der Waals surface area contributed by atoms with Crippen molar-refractivity contribution in [2.45, 2.75) is 38.4 Å². The van der Waals surface area contributed by atoms with Gasteiger partial charge >= 0.3 is 0 Å². The van der Waals surface area contributed by atoms with Crippen molar-refractivity contribution in [1.82, 2.24) is 6.15 Å². The first kappa shape index (κ1) is 13.5. The zero-order chi connectivity index (χ0) is 7.12. The maximum Gasteiger partial charge on any atom is 0.0980 e. The molecule has 68 valence electrons. The Labute approximate surface area is 75.0 Å². The molecule has 1 saturated heterocycles. The first-order valence-electron chi connectivity index (χ1n) is 3.33. The Morgan fingerprint density at radius 3 is 1.82 bits per heavy atom. The third kappa shape index (κ3) is 2.19. The van der Waals surface area contributed by atoms with Crippen LogP contribution in [0.3, 0.4) is 0 Å². The van der Waals surface area contributed by atoms with Crippen LogP contribution in [0.5, 0.6) is 0 Å². The monoisotopic (exact) mass is 179 g/mol. The fourth-order valence-corrected chi connectivity index (χ4v) is 1.10. The smallest absolute Gasteiger partial charge is 0.0980 e. The predicted octanol–water partition coefficient (Wildman–Crippen LogP) is 2.71.